The topological polar surface area (TPSA) is 88.6 Å². The molecular weight excluding hydrogens is 248 g/mol. The predicted molar refractivity (Wildman–Crippen MR) is 50.5 cm³/mol. The first kappa shape index (κ1) is 9.56. The Kier molecular flexibility index (Phi) is 2.25. The summed E-state index contributed by atoms with van der Waals surface area (Å²) in [6.45, 7) is 0. The van der Waals surface area contributed by atoms with Gasteiger partial charge in [-0.2, -0.15) is 10.1 Å². The second kappa shape index (κ2) is 3.30. The van der Waals surface area contributed by atoms with Gasteiger partial charge in [0.25, 0.3) is 14.2 Å². The van der Waals surface area contributed by atoms with E-state index in [1.165, 1.54) is 11.3 Å². The number of hydrogen-bond donors (Lipinski definition) is 1. The van der Waals surface area contributed by atoms with E-state index < -0.39 is 9.05 Å². The van der Waals surface area contributed by atoms with E-state index in [0.29, 0.717) is 4.88 Å². The second-order valence-corrected chi connectivity index (χ2v) is 5.64. The fourth-order valence-electron chi connectivity index (χ4n) is 0.792. The highest BCUT2D eigenvalue weighted by molar-refractivity contribution is 8.13. The van der Waals surface area contributed by atoms with Crippen LogP contribution < -0.4 is 0 Å². The Labute approximate surface area is 87.4 Å². The van der Waals surface area contributed by atoms with Crippen molar-refractivity contribution < 1.29 is 8.42 Å². The first-order valence-electron chi connectivity index (χ1n) is 3.33. The van der Waals surface area contributed by atoms with Crippen LogP contribution in [0.25, 0.3) is 10.7 Å². The summed E-state index contributed by atoms with van der Waals surface area (Å²) in [6, 6.07) is 0. The van der Waals surface area contributed by atoms with E-state index in [0.717, 1.165) is 0 Å². The molecule has 0 aliphatic heterocycles. The molecule has 14 heavy (non-hydrogen) atoms. The number of aromatic amines is 1. The SMILES string of the molecule is O=S(=O)(Cl)c1nc(-c2cncs2)n[nH]1. The van der Waals surface area contributed by atoms with Crippen LogP contribution in [0, 0.1) is 0 Å². The Morgan fingerprint density at radius 2 is 2.29 bits per heavy atom. The summed E-state index contributed by atoms with van der Waals surface area (Å²) in [7, 11) is 1.21. The summed E-state index contributed by atoms with van der Waals surface area (Å²) < 4.78 is 21.7. The zero-order valence-corrected chi connectivity index (χ0v) is 8.90. The summed E-state index contributed by atoms with van der Waals surface area (Å²) in [5.41, 5.74) is 1.60. The number of nitrogens with one attached hydrogen (secondary N) is 1. The molecule has 0 fully saturated rings. The lowest BCUT2D eigenvalue weighted by Gasteiger charge is -1.84. The van der Waals surface area contributed by atoms with Crippen LogP contribution in [0.2, 0.25) is 0 Å². The van der Waals surface area contributed by atoms with Crippen molar-refractivity contribution in [3.05, 3.63) is 11.7 Å². The smallest absolute Gasteiger partial charge is 0.252 e. The van der Waals surface area contributed by atoms with Crippen LogP contribution in [0.15, 0.2) is 16.9 Å². The number of thiazole rings is 1. The van der Waals surface area contributed by atoms with Crippen LogP contribution in [0.5, 0.6) is 0 Å². The molecule has 0 saturated carbocycles. The molecule has 9 heteroatoms. The molecule has 2 rings (SSSR count). The molecule has 0 atom stereocenters. The lowest BCUT2D eigenvalue weighted by molar-refractivity contribution is 0.602. The molecule has 0 aromatic carbocycles. The Bertz CT molecular complexity index is 532. The summed E-state index contributed by atoms with van der Waals surface area (Å²) in [5, 5.41) is 5.57. The summed E-state index contributed by atoms with van der Waals surface area (Å²) in [5.74, 6) is 0.270. The fourth-order valence-corrected chi connectivity index (χ4v) is 1.90. The quantitative estimate of drug-likeness (QED) is 0.799. The van der Waals surface area contributed by atoms with E-state index >= 15 is 0 Å². The summed E-state index contributed by atoms with van der Waals surface area (Å²) in [6.07, 6.45) is 1.54. The molecule has 0 bridgehead atoms. The Morgan fingerprint density at radius 1 is 1.50 bits per heavy atom. The van der Waals surface area contributed by atoms with E-state index in [1.54, 1.807) is 11.7 Å². The monoisotopic (exact) mass is 250 g/mol. The van der Waals surface area contributed by atoms with Crippen LogP contribution in [0.1, 0.15) is 0 Å². The molecule has 0 aliphatic rings. The molecule has 0 unspecified atom stereocenters. The minimum atomic E-state index is -3.85. The molecule has 0 spiro atoms. The van der Waals surface area contributed by atoms with Crippen molar-refractivity contribution in [2.75, 3.05) is 0 Å². The van der Waals surface area contributed by atoms with Crippen LogP contribution in [0.3, 0.4) is 0 Å². The van der Waals surface area contributed by atoms with E-state index in [-0.39, 0.29) is 11.0 Å². The molecule has 0 saturated heterocycles. The molecule has 2 heterocycles. The van der Waals surface area contributed by atoms with Crippen molar-refractivity contribution in [2.24, 2.45) is 0 Å². The number of H-pyrrole nitrogens is 1. The average Bonchev–Trinajstić information content (AvgIpc) is 2.73. The molecule has 0 radical (unpaired) electrons. The van der Waals surface area contributed by atoms with Gasteiger partial charge in [-0.3, -0.25) is 4.98 Å². The van der Waals surface area contributed by atoms with Crippen molar-refractivity contribution in [2.45, 2.75) is 5.16 Å². The van der Waals surface area contributed by atoms with Gasteiger partial charge in [0, 0.05) is 16.9 Å². The van der Waals surface area contributed by atoms with Crippen molar-refractivity contribution in [1.29, 1.82) is 0 Å². The zero-order chi connectivity index (χ0) is 10.2. The van der Waals surface area contributed by atoms with Gasteiger partial charge in [-0.05, 0) is 0 Å². The van der Waals surface area contributed by atoms with Crippen LogP contribution in [-0.4, -0.2) is 28.6 Å². The summed E-state index contributed by atoms with van der Waals surface area (Å²) in [4.78, 5) is 8.19. The van der Waals surface area contributed by atoms with Gasteiger partial charge in [-0.15, -0.1) is 11.3 Å². The fraction of sp³-hybridized carbons (Fsp3) is 0. The van der Waals surface area contributed by atoms with Crippen LogP contribution in [-0.2, 0) is 9.05 Å². The average molecular weight is 251 g/mol. The molecule has 0 amide bonds. The third kappa shape index (κ3) is 1.76. The number of nitrogens with zero attached hydrogens (tertiary/aromatic N) is 3. The Morgan fingerprint density at radius 3 is 2.79 bits per heavy atom. The highest BCUT2D eigenvalue weighted by atomic mass is 35.7. The highest BCUT2D eigenvalue weighted by Crippen LogP contribution is 2.20. The number of hydrogen-bond acceptors (Lipinski definition) is 6. The lowest BCUT2D eigenvalue weighted by atomic mass is 10.5. The van der Waals surface area contributed by atoms with E-state index in [1.807, 2.05) is 0 Å². The zero-order valence-electron chi connectivity index (χ0n) is 6.51. The third-order valence-electron chi connectivity index (χ3n) is 1.35. The normalized spacial score (nSPS) is 11.8. The number of rotatable bonds is 2. The van der Waals surface area contributed by atoms with Gasteiger partial charge in [-0.1, -0.05) is 0 Å². The van der Waals surface area contributed by atoms with Crippen molar-refractivity contribution in [3.8, 4) is 10.7 Å². The Hall–Kier alpha value is -0.990. The lowest BCUT2D eigenvalue weighted by Crippen LogP contribution is -1.92. The van der Waals surface area contributed by atoms with Gasteiger partial charge in [0.15, 0.2) is 5.82 Å². The second-order valence-electron chi connectivity index (χ2n) is 2.27. The largest absolute Gasteiger partial charge is 0.296 e. The van der Waals surface area contributed by atoms with Gasteiger partial charge in [0.2, 0.25) is 0 Å². The standard InChI is InChI=1S/C5H3ClN4O2S2/c6-14(11,12)5-8-4(9-10-5)3-1-7-2-13-3/h1-2H,(H,8,9,10). The number of halogens is 1. The maximum Gasteiger partial charge on any atom is 0.296 e. The van der Waals surface area contributed by atoms with Gasteiger partial charge in [-0.25, -0.2) is 13.5 Å². The molecule has 6 nitrogen and oxygen atoms in total. The minimum Gasteiger partial charge on any atom is -0.252 e. The van der Waals surface area contributed by atoms with Crippen LogP contribution in [0.4, 0.5) is 0 Å². The Balaban J connectivity index is 2.46. The molecular formula is C5H3ClN4O2S2. The van der Waals surface area contributed by atoms with E-state index in [2.05, 4.69) is 20.2 Å². The predicted octanol–water partition coefficient (Wildman–Crippen LogP) is 0.856. The highest BCUT2D eigenvalue weighted by Gasteiger charge is 2.17. The molecule has 0 aliphatic carbocycles. The third-order valence-corrected chi connectivity index (χ3v) is 3.20. The van der Waals surface area contributed by atoms with Crippen molar-refractivity contribution in [1.82, 2.24) is 20.2 Å². The first-order chi connectivity index (χ1) is 6.57. The van der Waals surface area contributed by atoms with Crippen LogP contribution >= 0.6 is 22.0 Å². The molecule has 1 N–H and O–H groups in total. The summed E-state index contributed by atoms with van der Waals surface area (Å²) >= 11 is 1.31. The van der Waals surface area contributed by atoms with Gasteiger partial charge < -0.3 is 0 Å². The van der Waals surface area contributed by atoms with E-state index in [9.17, 15) is 8.42 Å². The van der Waals surface area contributed by atoms with E-state index in [4.69, 9.17) is 10.7 Å². The van der Waals surface area contributed by atoms with Gasteiger partial charge in [0.1, 0.15) is 0 Å². The molecule has 2 aromatic heterocycles. The van der Waals surface area contributed by atoms with Gasteiger partial charge in [0.05, 0.1) is 10.4 Å². The first-order valence-corrected chi connectivity index (χ1v) is 6.52. The minimum absolute atomic E-state index is 0.270. The van der Waals surface area contributed by atoms with Crippen molar-refractivity contribution in [3.63, 3.8) is 0 Å². The maximum absolute atomic E-state index is 10.8. The maximum atomic E-state index is 10.8. The van der Waals surface area contributed by atoms with Crippen molar-refractivity contribution >= 4 is 31.1 Å². The van der Waals surface area contributed by atoms with Gasteiger partial charge >= 0.3 is 0 Å². The molecule has 74 valence electrons. The number of aromatic nitrogens is 4. The molecule has 2 aromatic rings.